The molecule has 0 radical (unpaired) electrons. The number of hydrogen-bond donors (Lipinski definition) is 1. The number of aromatic nitrogens is 3. The summed E-state index contributed by atoms with van der Waals surface area (Å²) in [4.78, 5) is 0. The van der Waals surface area contributed by atoms with Crippen LogP contribution < -0.4 is 4.74 Å². The van der Waals surface area contributed by atoms with Crippen LogP contribution in [0.5, 0.6) is 5.75 Å². The van der Waals surface area contributed by atoms with Crippen molar-refractivity contribution in [3.05, 3.63) is 35.9 Å². The molecule has 0 spiro atoms. The standard InChI is InChI=1S/C12H14FN3O2/c1-12(2,17)11-7-16(15-14-11)8-4-5-9(13)10(6-8)18-3/h4-7,17H,1-3H3. The van der Waals surface area contributed by atoms with Crippen LogP contribution in [0.3, 0.4) is 0 Å². The van der Waals surface area contributed by atoms with Crippen LogP contribution in [0, 0.1) is 5.82 Å². The van der Waals surface area contributed by atoms with Crippen LogP contribution in [0.1, 0.15) is 19.5 Å². The maximum absolute atomic E-state index is 13.3. The first kappa shape index (κ1) is 12.5. The minimum absolute atomic E-state index is 0.132. The summed E-state index contributed by atoms with van der Waals surface area (Å²) in [6.07, 6.45) is 1.59. The van der Waals surface area contributed by atoms with Crippen molar-refractivity contribution in [1.29, 1.82) is 0 Å². The summed E-state index contributed by atoms with van der Waals surface area (Å²) in [6, 6.07) is 4.36. The van der Waals surface area contributed by atoms with E-state index in [2.05, 4.69) is 10.3 Å². The van der Waals surface area contributed by atoms with E-state index >= 15 is 0 Å². The second kappa shape index (κ2) is 4.38. The number of aliphatic hydroxyl groups is 1. The topological polar surface area (TPSA) is 60.2 Å². The van der Waals surface area contributed by atoms with E-state index in [1.54, 1.807) is 26.1 Å². The van der Waals surface area contributed by atoms with Gasteiger partial charge in [0.2, 0.25) is 0 Å². The summed E-state index contributed by atoms with van der Waals surface area (Å²) in [5.74, 6) is -0.308. The fraction of sp³-hybridized carbons (Fsp3) is 0.333. The summed E-state index contributed by atoms with van der Waals surface area (Å²) in [6.45, 7) is 3.24. The lowest BCUT2D eigenvalue weighted by atomic mass is 10.1. The highest BCUT2D eigenvalue weighted by Crippen LogP contribution is 2.22. The van der Waals surface area contributed by atoms with Gasteiger partial charge in [-0.2, -0.15) is 0 Å². The van der Waals surface area contributed by atoms with Gasteiger partial charge in [-0.15, -0.1) is 5.10 Å². The van der Waals surface area contributed by atoms with E-state index in [0.29, 0.717) is 11.4 Å². The quantitative estimate of drug-likeness (QED) is 0.901. The van der Waals surface area contributed by atoms with Crippen LogP contribution in [-0.4, -0.2) is 27.2 Å². The molecule has 5 nitrogen and oxygen atoms in total. The average molecular weight is 251 g/mol. The minimum atomic E-state index is -1.07. The van der Waals surface area contributed by atoms with Crippen LogP contribution >= 0.6 is 0 Å². The molecular formula is C12H14FN3O2. The lowest BCUT2D eigenvalue weighted by Crippen LogP contribution is -2.15. The fourth-order valence-electron chi connectivity index (χ4n) is 1.46. The molecule has 0 bridgehead atoms. The van der Waals surface area contributed by atoms with E-state index in [0.717, 1.165) is 0 Å². The molecule has 0 aliphatic rings. The van der Waals surface area contributed by atoms with E-state index < -0.39 is 11.4 Å². The summed E-state index contributed by atoms with van der Waals surface area (Å²) >= 11 is 0. The molecule has 0 fully saturated rings. The molecule has 0 saturated carbocycles. The Balaban J connectivity index is 2.40. The number of halogens is 1. The molecule has 0 saturated heterocycles. The Morgan fingerprint density at radius 2 is 2.11 bits per heavy atom. The van der Waals surface area contributed by atoms with Crippen molar-refractivity contribution in [3.8, 4) is 11.4 Å². The van der Waals surface area contributed by atoms with Crippen LogP contribution in [0.2, 0.25) is 0 Å². The molecule has 0 amide bonds. The number of hydrogen-bond acceptors (Lipinski definition) is 4. The molecule has 1 heterocycles. The Kier molecular flexibility index (Phi) is 3.04. The molecule has 2 aromatic rings. The van der Waals surface area contributed by atoms with E-state index in [-0.39, 0.29) is 5.75 Å². The molecule has 1 N–H and O–H groups in total. The Bertz CT molecular complexity index is 561. The molecule has 96 valence electrons. The Morgan fingerprint density at radius 3 is 2.67 bits per heavy atom. The Labute approximate surface area is 104 Å². The van der Waals surface area contributed by atoms with Crippen LogP contribution in [0.4, 0.5) is 4.39 Å². The first-order chi connectivity index (χ1) is 8.41. The smallest absolute Gasteiger partial charge is 0.165 e. The fourth-order valence-corrected chi connectivity index (χ4v) is 1.46. The monoisotopic (exact) mass is 251 g/mol. The third kappa shape index (κ3) is 2.33. The number of benzene rings is 1. The zero-order valence-electron chi connectivity index (χ0n) is 10.4. The van der Waals surface area contributed by atoms with Gasteiger partial charge in [-0.3, -0.25) is 0 Å². The van der Waals surface area contributed by atoms with Gasteiger partial charge in [0.1, 0.15) is 11.3 Å². The predicted molar refractivity (Wildman–Crippen MR) is 63.1 cm³/mol. The average Bonchev–Trinajstić information content (AvgIpc) is 2.78. The number of methoxy groups -OCH3 is 1. The van der Waals surface area contributed by atoms with Crippen molar-refractivity contribution in [2.24, 2.45) is 0 Å². The van der Waals surface area contributed by atoms with Crippen molar-refractivity contribution in [2.45, 2.75) is 19.4 Å². The molecule has 2 rings (SSSR count). The number of rotatable bonds is 3. The van der Waals surface area contributed by atoms with Crippen LogP contribution in [0.15, 0.2) is 24.4 Å². The van der Waals surface area contributed by atoms with E-state index in [9.17, 15) is 9.50 Å². The molecule has 6 heteroatoms. The van der Waals surface area contributed by atoms with Crippen molar-refractivity contribution in [1.82, 2.24) is 15.0 Å². The summed E-state index contributed by atoms with van der Waals surface area (Å²) in [5.41, 5.74) is -0.0235. The van der Waals surface area contributed by atoms with Crippen molar-refractivity contribution in [3.63, 3.8) is 0 Å². The normalized spacial score (nSPS) is 11.6. The van der Waals surface area contributed by atoms with Crippen molar-refractivity contribution >= 4 is 0 Å². The SMILES string of the molecule is COc1cc(-n2cc(C(C)(C)O)nn2)ccc1F. The van der Waals surface area contributed by atoms with E-state index in [4.69, 9.17) is 4.74 Å². The second-order valence-corrected chi connectivity index (χ2v) is 4.43. The van der Waals surface area contributed by atoms with Gasteiger partial charge in [-0.25, -0.2) is 9.07 Å². The highest BCUT2D eigenvalue weighted by Gasteiger charge is 2.20. The Hall–Kier alpha value is -1.95. The van der Waals surface area contributed by atoms with Gasteiger partial charge in [0.05, 0.1) is 19.0 Å². The predicted octanol–water partition coefficient (Wildman–Crippen LogP) is 1.64. The lowest BCUT2D eigenvalue weighted by Gasteiger charge is -2.11. The van der Waals surface area contributed by atoms with Gasteiger partial charge in [-0.05, 0) is 26.0 Å². The van der Waals surface area contributed by atoms with Gasteiger partial charge in [0, 0.05) is 6.07 Å². The molecule has 1 aromatic heterocycles. The van der Waals surface area contributed by atoms with Crippen molar-refractivity contribution < 1.29 is 14.2 Å². The van der Waals surface area contributed by atoms with Gasteiger partial charge in [0.15, 0.2) is 11.6 Å². The van der Waals surface area contributed by atoms with Gasteiger partial charge >= 0.3 is 0 Å². The molecule has 0 atom stereocenters. The maximum Gasteiger partial charge on any atom is 0.165 e. The Morgan fingerprint density at radius 1 is 1.39 bits per heavy atom. The molecule has 0 aliphatic heterocycles. The molecule has 18 heavy (non-hydrogen) atoms. The van der Waals surface area contributed by atoms with Gasteiger partial charge < -0.3 is 9.84 Å². The van der Waals surface area contributed by atoms with Crippen LogP contribution in [0.25, 0.3) is 5.69 Å². The zero-order valence-corrected chi connectivity index (χ0v) is 10.4. The van der Waals surface area contributed by atoms with E-state index in [1.807, 2.05) is 0 Å². The van der Waals surface area contributed by atoms with Crippen molar-refractivity contribution in [2.75, 3.05) is 7.11 Å². The summed E-state index contributed by atoms with van der Waals surface area (Å²) < 4.78 is 19.6. The molecule has 0 aliphatic carbocycles. The second-order valence-electron chi connectivity index (χ2n) is 4.43. The maximum atomic E-state index is 13.3. The third-order valence-electron chi connectivity index (χ3n) is 2.52. The largest absolute Gasteiger partial charge is 0.494 e. The van der Waals surface area contributed by atoms with Gasteiger partial charge in [0.25, 0.3) is 0 Å². The number of nitrogens with zero attached hydrogens (tertiary/aromatic N) is 3. The van der Waals surface area contributed by atoms with E-state index in [1.165, 1.54) is 23.9 Å². The summed E-state index contributed by atoms with van der Waals surface area (Å²) in [5, 5.41) is 17.6. The zero-order chi connectivity index (χ0) is 13.3. The summed E-state index contributed by atoms with van der Waals surface area (Å²) in [7, 11) is 1.39. The molecule has 0 unspecified atom stereocenters. The lowest BCUT2D eigenvalue weighted by molar-refractivity contribution is 0.0737. The number of ether oxygens (including phenoxy) is 1. The highest BCUT2D eigenvalue weighted by atomic mass is 19.1. The third-order valence-corrected chi connectivity index (χ3v) is 2.52. The molecular weight excluding hydrogens is 237 g/mol. The first-order valence-electron chi connectivity index (χ1n) is 5.41. The first-order valence-corrected chi connectivity index (χ1v) is 5.41. The van der Waals surface area contributed by atoms with Crippen LogP contribution in [-0.2, 0) is 5.60 Å². The highest BCUT2D eigenvalue weighted by molar-refractivity contribution is 5.39. The molecule has 1 aromatic carbocycles. The minimum Gasteiger partial charge on any atom is -0.494 e. The van der Waals surface area contributed by atoms with Gasteiger partial charge in [-0.1, -0.05) is 5.21 Å².